The number of carboxylic acid groups (broad SMARTS) is 1. The van der Waals surface area contributed by atoms with Crippen molar-refractivity contribution < 1.29 is 9.90 Å². The predicted molar refractivity (Wildman–Crippen MR) is 76.5 cm³/mol. The minimum Gasteiger partial charge on any atom is -0.478 e. The summed E-state index contributed by atoms with van der Waals surface area (Å²) >= 11 is 0. The van der Waals surface area contributed by atoms with E-state index in [1.807, 2.05) is 0 Å². The van der Waals surface area contributed by atoms with Crippen LogP contribution in [0.5, 0.6) is 0 Å². The van der Waals surface area contributed by atoms with Crippen LogP contribution in [0.15, 0.2) is 18.2 Å². The topological polar surface area (TPSA) is 78.6 Å². The van der Waals surface area contributed by atoms with Gasteiger partial charge in [-0.1, -0.05) is 13.0 Å². The van der Waals surface area contributed by atoms with Crippen molar-refractivity contribution in [2.45, 2.75) is 13.3 Å². The van der Waals surface area contributed by atoms with Gasteiger partial charge < -0.3 is 21.1 Å². The van der Waals surface area contributed by atoms with E-state index >= 15 is 0 Å². The quantitative estimate of drug-likeness (QED) is 0.705. The average Bonchev–Trinajstić information content (AvgIpc) is 2.85. The number of carbonyl (C=O) groups is 1. The maximum absolute atomic E-state index is 11.2. The lowest BCUT2D eigenvalue weighted by Gasteiger charge is -2.16. The first-order chi connectivity index (χ1) is 9.11. The van der Waals surface area contributed by atoms with Gasteiger partial charge >= 0.3 is 5.97 Å². The fourth-order valence-electron chi connectivity index (χ4n) is 2.56. The summed E-state index contributed by atoms with van der Waals surface area (Å²) in [5, 5.41) is 12.4. The number of nitrogens with two attached hydrogens (primary N) is 1. The Bertz CT molecular complexity index is 462. The van der Waals surface area contributed by atoms with Gasteiger partial charge in [0.1, 0.15) is 0 Å². The summed E-state index contributed by atoms with van der Waals surface area (Å²) in [7, 11) is 0. The van der Waals surface area contributed by atoms with Crippen LogP contribution in [0, 0.1) is 5.92 Å². The number of hydrogen-bond donors (Lipinski definition) is 3. The van der Waals surface area contributed by atoms with Crippen molar-refractivity contribution in [2.24, 2.45) is 5.92 Å². The normalized spacial score (nSPS) is 19.5. The number of likely N-dealkylation sites (tertiary alicyclic amines) is 1. The lowest BCUT2D eigenvalue weighted by Crippen LogP contribution is -2.23. The largest absolute Gasteiger partial charge is 0.478 e. The van der Waals surface area contributed by atoms with Crippen LogP contribution in [0.25, 0.3) is 0 Å². The molecule has 1 unspecified atom stereocenters. The van der Waals surface area contributed by atoms with E-state index in [1.54, 1.807) is 18.2 Å². The molecule has 1 aromatic rings. The smallest absolute Gasteiger partial charge is 0.337 e. The Morgan fingerprint density at radius 1 is 1.58 bits per heavy atom. The van der Waals surface area contributed by atoms with Crippen molar-refractivity contribution in [1.82, 2.24) is 4.90 Å². The minimum atomic E-state index is -0.948. The summed E-state index contributed by atoms with van der Waals surface area (Å²) < 4.78 is 0. The van der Waals surface area contributed by atoms with E-state index < -0.39 is 5.97 Å². The molecule has 0 amide bonds. The summed E-state index contributed by atoms with van der Waals surface area (Å²) in [6.45, 7) is 6.19. The Labute approximate surface area is 113 Å². The molecule has 5 nitrogen and oxygen atoms in total. The fraction of sp³-hybridized carbons (Fsp3) is 0.500. The zero-order valence-electron chi connectivity index (χ0n) is 11.2. The SMILES string of the molecule is CCN1CCC(CNc2c(N)cccc2C(=O)O)C1. The molecule has 1 aliphatic heterocycles. The molecule has 1 saturated heterocycles. The molecule has 0 radical (unpaired) electrons. The zero-order chi connectivity index (χ0) is 13.8. The van der Waals surface area contributed by atoms with Crippen LogP contribution in [-0.4, -0.2) is 42.2 Å². The summed E-state index contributed by atoms with van der Waals surface area (Å²) in [6, 6.07) is 4.97. The van der Waals surface area contributed by atoms with Gasteiger partial charge in [-0.05, 0) is 37.6 Å². The van der Waals surface area contributed by atoms with E-state index in [0.717, 1.165) is 32.6 Å². The van der Waals surface area contributed by atoms with Gasteiger partial charge in [0, 0.05) is 13.1 Å². The standard InChI is InChI=1S/C14H21N3O2/c1-2-17-7-6-10(9-17)8-16-13-11(14(18)19)4-3-5-12(13)15/h3-5,10,16H,2,6-9,15H2,1H3,(H,18,19). The van der Waals surface area contributed by atoms with E-state index in [2.05, 4.69) is 17.1 Å². The van der Waals surface area contributed by atoms with E-state index in [4.69, 9.17) is 10.8 Å². The first kappa shape index (κ1) is 13.7. The summed E-state index contributed by atoms with van der Waals surface area (Å²) in [6.07, 6.45) is 1.15. The van der Waals surface area contributed by atoms with Gasteiger partial charge in [-0.2, -0.15) is 0 Å². The number of carboxylic acids is 1. The van der Waals surface area contributed by atoms with Crippen molar-refractivity contribution in [1.29, 1.82) is 0 Å². The number of aromatic carboxylic acids is 1. The molecule has 19 heavy (non-hydrogen) atoms. The zero-order valence-corrected chi connectivity index (χ0v) is 11.2. The number of anilines is 2. The molecule has 1 fully saturated rings. The lowest BCUT2D eigenvalue weighted by molar-refractivity contribution is 0.0698. The maximum Gasteiger partial charge on any atom is 0.337 e. The third-order valence-corrected chi connectivity index (χ3v) is 3.71. The number of benzene rings is 1. The highest BCUT2D eigenvalue weighted by Crippen LogP contribution is 2.25. The number of nitrogens with zero attached hydrogens (tertiary/aromatic N) is 1. The van der Waals surface area contributed by atoms with Gasteiger partial charge in [0.05, 0.1) is 16.9 Å². The van der Waals surface area contributed by atoms with Crippen LogP contribution in [0.1, 0.15) is 23.7 Å². The lowest BCUT2D eigenvalue weighted by atomic mass is 10.1. The minimum absolute atomic E-state index is 0.241. The number of hydrogen-bond acceptors (Lipinski definition) is 4. The van der Waals surface area contributed by atoms with Crippen LogP contribution >= 0.6 is 0 Å². The number of nitrogens with one attached hydrogen (secondary N) is 1. The van der Waals surface area contributed by atoms with Gasteiger partial charge in [0.2, 0.25) is 0 Å². The highest BCUT2D eigenvalue weighted by atomic mass is 16.4. The molecule has 2 rings (SSSR count). The molecule has 0 aromatic heterocycles. The fourth-order valence-corrected chi connectivity index (χ4v) is 2.56. The highest BCUT2D eigenvalue weighted by Gasteiger charge is 2.21. The van der Waals surface area contributed by atoms with E-state index in [1.165, 1.54) is 0 Å². The van der Waals surface area contributed by atoms with Crippen molar-refractivity contribution >= 4 is 17.3 Å². The maximum atomic E-state index is 11.2. The second-order valence-corrected chi connectivity index (χ2v) is 5.00. The third kappa shape index (κ3) is 3.17. The predicted octanol–water partition coefficient (Wildman–Crippen LogP) is 1.72. The number of para-hydroxylation sites is 1. The second kappa shape index (κ2) is 5.93. The molecular formula is C14H21N3O2. The molecule has 0 spiro atoms. The summed E-state index contributed by atoms with van der Waals surface area (Å²) in [4.78, 5) is 13.6. The van der Waals surface area contributed by atoms with E-state index in [9.17, 15) is 4.79 Å². The van der Waals surface area contributed by atoms with Crippen LogP contribution in [0.4, 0.5) is 11.4 Å². The molecule has 1 heterocycles. The molecule has 104 valence electrons. The Balaban J connectivity index is 2.02. The molecule has 0 bridgehead atoms. The first-order valence-electron chi connectivity index (χ1n) is 6.69. The Hall–Kier alpha value is -1.75. The van der Waals surface area contributed by atoms with Crippen molar-refractivity contribution in [3.8, 4) is 0 Å². The van der Waals surface area contributed by atoms with Gasteiger partial charge in [0.15, 0.2) is 0 Å². The van der Waals surface area contributed by atoms with Gasteiger partial charge in [0.25, 0.3) is 0 Å². The van der Waals surface area contributed by atoms with Crippen molar-refractivity contribution in [2.75, 3.05) is 37.2 Å². The van der Waals surface area contributed by atoms with Crippen LogP contribution in [0.2, 0.25) is 0 Å². The molecular weight excluding hydrogens is 242 g/mol. The van der Waals surface area contributed by atoms with Crippen LogP contribution < -0.4 is 11.1 Å². The molecule has 1 aliphatic rings. The third-order valence-electron chi connectivity index (χ3n) is 3.71. The molecule has 0 aliphatic carbocycles. The monoisotopic (exact) mass is 263 g/mol. The summed E-state index contributed by atoms with van der Waals surface area (Å²) in [5.74, 6) is -0.391. The van der Waals surface area contributed by atoms with Gasteiger partial charge in [-0.15, -0.1) is 0 Å². The van der Waals surface area contributed by atoms with Crippen molar-refractivity contribution in [3.05, 3.63) is 23.8 Å². The Kier molecular flexibility index (Phi) is 4.27. The Morgan fingerprint density at radius 2 is 2.37 bits per heavy atom. The molecule has 4 N–H and O–H groups in total. The average molecular weight is 263 g/mol. The highest BCUT2D eigenvalue weighted by molar-refractivity contribution is 5.97. The van der Waals surface area contributed by atoms with Gasteiger partial charge in [-0.25, -0.2) is 4.79 Å². The van der Waals surface area contributed by atoms with Gasteiger partial charge in [-0.3, -0.25) is 0 Å². The molecule has 1 atom stereocenters. The van der Waals surface area contributed by atoms with Crippen molar-refractivity contribution in [3.63, 3.8) is 0 Å². The van der Waals surface area contributed by atoms with Crippen LogP contribution in [0.3, 0.4) is 0 Å². The summed E-state index contributed by atoms with van der Waals surface area (Å²) in [5.41, 5.74) is 7.14. The number of rotatable bonds is 5. The van der Waals surface area contributed by atoms with E-state index in [-0.39, 0.29) is 5.56 Å². The van der Waals surface area contributed by atoms with E-state index in [0.29, 0.717) is 17.3 Å². The number of nitrogen functional groups attached to an aromatic ring is 1. The molecule has 0 saturated carbocycles. The second-order valence-electron chi connectivity index (χ2n) is 5.00. The molecule has 1 aromatic carbocycles. The first-order valence-corrected chi connectivity index (χ1v) is 6.69. The Morgan fingerprint density at radius 3 is 3.00 bits per heavy atom. The van der Waals surface area contributed by atoms with Crippen LogP contribution in [-0.2, 0) is 0 Å². The molecule has 5 heteroatoms.